The van der Waals surface area contributed by atoms with Gasteiger partial charge in [0.15, 0.2) is 0 Å². The van der Waals surface area contributed by atoms with E-state index in [2.05, 4.69) is 0 Å². The number of carbonyl (C=O) groups excluding carboxylic acids is 1. The third-order valence-electron chi connectivity index (χ3n) is 3.31. The van der Waals surface area contributed by atoms with Crippen molar-refractivity contribution < 1.29 is 9.53 Å². The molecule has 4 nitrogen and oxygen atoms in total. The maximum absolute atomic E-state index is 12.3. The van der Waals surface area contributed by atoms with E-state index in [-0.39, 0.29) is 12.0 Å². The zero-order valence-electron chi connectivity index (χ0n) is 11.4. The molecule has 1 amide bonds. The molecular weight excluding hydrogens is 260 g/mol. The van der Waals surface area contributed by atoms with E-state index >= 15 is 0 Å². The molecule has 1 aromatic rings. The molecule has 1 aromatic carbocycles. The van der Waals surface area contributed by atoms with E-state index in [1.54, 1.807) is 18.9 Å². The quantitative estimate of drug-likeness (QED) is 0.861. The van der Waals surface area contributed by atoms with Crippen molar-refractivity contribution in [2.45, 2.75) is 30.8 Å². The van der Waals surface area contributed by atoms with E-state index < -0.39 is 0 Å². The van der Waals surface area contributed by atoms with Crippen molar-refractivity contribution >= 4 is 29.0 Å². The Hall–Kier alpha value is -1.20. The van der Waals surface area contributed by atoms with Gasteiger partial charge in [0.05, 0.1) is 11.8 Å². The summed E-state index contributed by atoms with van der Waals surface area (Å²) in [4.78, 5) is 15.3. The highest BCUT2D eigenvalue weighted by Gasteiger charge is 2.23. The minimum Gasteiger partial charge on any atom is -0.399 e. The number of nitrogens with zero attached hydrogens (tertiary/aromatic N) is 1. The van der Waals surface area contributed by atoms with Gasteiger partial charge >= 0.3 is 0 Å². The average Bonchev–Trinajstić information content (AvgIpc) is 2.43. The van der Waals surface area contributed by atoms with Gasteiger partial charge in [-0.05, 0) is 31.5 Å². The second kappa shape index (κ2) is 6.30. The Balaban J connectivity index is 2.10. The third-order valence-corrected chi connectivity index (χ3v) is 4.36. The standard InChI is InChI=1S/C14H20N2O2S/c1-10(18-2)3-6-14(17)16-7-8-19-13-5-4-11(15)9-12(13)16/h4-5,9-10H,3,6-8,15H2,1-2H3. The van der Waals surface area contributed by atoms with Crippen molar-refractivity contribution in [2.75, 3.05) is 30.0 Å². The molecular formula is C14H20N2O2S. The molecule has 0 spiro atoms. The van der Waals surface area contributed by atoms with Crippen LogP contribution in [0.25, 0.3) is 0 Å². The van der Waals surface area contributed by atoms with Crippen LogP contribution in [0.3, 0.4) is 0 Å². The van der Waals surface area contributed by atoms with E-state index in [4.69, 9.17) is 10.5 Å². The highest BCUT2D eigenvalue weighted by molar-refractivity contribution is 7.99. The van der Waals surface area contributed by atoms with Crippen LogP contribution in [0.2, 0.25) is 0 Å². The van der Waals surface area contributed by atoms with Crippen LogP contribution in [-0.2, 0) is 9.53 Å². The molecule has 2 rings (SSSR count). The summed E-state index contributed by atoms with van der Waals surface area (Å²) in [5.74, 6) is 1.08. The maximum atomic E-state index is 12.3. The molecule has 1 aliphatic rings. The molecule has 0 fully saturated rings. The van der Waals surface area contributed by atoms with Crippen LogP contribution in [0, 0.1) is 0 Å². The van der Waals surface area contributed by atoms with E-state index in [1.165, 1.54) is 0 Å². The summed E-state index contributed by atoms with van der Waals surface area (Å²) in [5.41, 5.74) is 7.47. The zero-order valence-corrected chi connectivity index (χ0v) is 12.2. The number of nitrogen functional groups attached to an aromatic ring is 1. The fraction of sp³-hybridized carbons (Fsp3) is 0.500. The number of hydrogen-bond acceptors (Lipinski definition) is 4. The van der Waals surface area contributed by atoms with E-state index in [1.807, 2.05) is 30.0 Å². The van der Waals surface area contributed by atoms with E-state index in [0.29, 0.717) is 12.1 Å². The van der Waals surface area contributed by atoms with Crippen LogP contribution in [-0.4, -0.2) is 31.4 Å². The Morgan fingerprint density at radius 2 is 2.37 bits per heavy atom. The Morgan fingerprint density at radius 3 is 3.11 bits per heavy atom. The normalized spacial score (nSPS) is 16.0. The molecule has 0 aliphatic carbocycles. The number of benzene rings is 1. The summed E-state index contributed by atoms with van der Waals surface area (Å²) < 4.78 is 5.18. The van der Waals surface area contributed by atoms with Crippen LogP contribution >= 0.6 is 11.8 Å². The van der Waals surface area contributed by atoms with Crippen LogP contribution in [0.1, 0.15) is 19.8 Å². The zero-order chi connectivity index (χ0) is 13.8. The van der Waals surface area contributed by atoms with Gasteiger partial charge in [0.1, 0.15) is 0 Å². The molecule has 1 atom stereocenters. The summed E-state index contributed by atoms with van der Waals surface area (Å²) in [6.07, 6.45) is 1.37. The lowest BCUT2D eigenvalue weighted by atomic mass is 10.1. The summed E-state index contributed by atoms with van der Waals surface area (Å²) in [6, 6.07) is 5.76. The Labute approximate surface area is 118 Å². The van der Waals surface area contributed by atoms with Crippen molar-refractivity contribution in [3.63, 3.8) is 0 Å². The number of thioether (sulfide) groups is 1. The Morgan fingerprint density at radius 1 is 1.58 bits per heavy atom. The number of ether oxygens (including phenoxy) is 1. The number of nitrogens with two attached hydrogens (primary N) is 1. The van der Waals surface area contributed by atoms with Crippen LogP contribution in [0.4, 0.5) is 11.4 Å². The number of rotatable bonds is 4. The smallest absolute Gasteiger partial charge is 0.227 e. The van der Waals surface area contributed by atoms with Gasteiger partial charge in [0, 0.05) is 36.4 Å². The Kier molecular flexibility index (Phi) is 4.71. The first-order valence-electron chi connectivity index (χ1n) is 6.47. The lowest BCUT2D eigenvalue weighted by Gasteiger charge is -2.29. The molecule has 104 valence electrons. The number of fused-ring (bicyclic) bond motifs is 1. The van der Waals surface area contributed by atoms with Crippen molar-refractivity contribution in [2.24, 2.45) is 0 Å². The monoisotopic (exact) mass is 280 g/mol. The third kappa shape index (κ3) is 3.42. The molecule has 0 radical (unpaired) electrons. The minimum absolute atomic E-state index is 0.114. The van der Waals surface area contributed by atoms with Crippen LogP contribution < -0.4 is 10.6 Å². The van der Waals surface area contributed by atoms with Gasteiger partial charge in [-0.1, -0.05) is 0 Å². The van der Waals surface area contributed by atoms with Gasteiger partial charge < -0.3 is 15.4 Å². The molecule has 0 aromatic heterocycles. The van der Waals surface area contributed by atoms with Crippen molar-refractivity contribution in [3.8, 4) is 0 Å². The van der Waals surface area contributed by atoms with Crippen LogP contribution in [0.5, 0.6) is 0 Å². The van der Waals surface area contributed by atoms with Crippen molar-refractivity contribution in [1.82, 2.24) is 0 Å². The minimum atomic E-state index is 0.114. The molecule has 1 aliphatic heterocycles. The summed E-state index contributed by atoms with van der Waals surface area (Å²) in [5, 5.41) is 0. The first-order valence-corrected chi connectivity index (χ1v) is 7.46. The van der Waals surface area contributed by atoms with Gasteiger partial charge in [-0.3, -0.25) is 4.79 Å². The largest absolute Gasteiger partial charge is 0.399 e. The lowest BCUT2D eigenvalue weighted by Crippen LogP contribution is -2.35. The number of methoxy groups -OCH3 is 1. The number of amides is 1. The highest BCUT2D eigenvalue weighted by atomic mass is 32.2. The molecule has 1 heterocycles. The molecule has 19 heavy (non-hydrogen) atoms. The molecule has 0 saturated heterocycles. The fourth-order valence-corrected chi connectivity index (χ4v) is 3.05. The summed E-state index contributed by atoms with van der Waals surface area (Å²) in [6.45, 7) is 2.73. The predicted octanol–water partition coefficient (Wildman–Crippen LogP) is 2.52. The topological polar surface area (TPSA) is 55.6 Å². The average molecular weight is 280 g/mol. The first-order chi connectivity index (χ1) is 9.11. The molecule has 2 N–H and O–H groups in total. The van der Waals surface area contributed by atoms with E-state index in [9.17, 15) is 4.79 Å². The SMILES string of the molecule is COC(C)CCC(=O)N1CCSc2ccc(N)cc21. The Bertz CT molecular complexity index is 465. The number of carbonyl (C=O) groups is 1. The fourth-order valence-electron chi connectivity index (χ4n) is 2.07. The number of anilines is 2. The molecule has 0 bridgehead atoms. The lowest BCUT2D eigenvalue weighted by molar-refractivity contribution is -0.119. The first kappa shape index (κ1) is 14.2. The predicted molar refractivity (Wildman–Crippen MR) is 79.6 cm³/mol. The van der Waals surface area contributed by atoms with E-state index in [0.717, 1.165) is 29.3 Å². The van der Waals surface area contributed by atoms with Gasteiger partial charge in [0.25, 0.3) is 0 Å². The number of hydrogen-bond donors (Lipinski definition) is 1. The summed E-state index contributed by atoms with van der Waals surface area (Å²) >= 11 is 1.77. The second-order valence-corrected chi connectivity index (χ2v) is 5.84. The van der Waals surface area contributed by atoms with Crippen molar-refractivity contribution in [3.05, 3.63) is 18.2 Å². The summed E-state index contributed by atoms with van der Waals surface area (Å²) in [7, 11) is 1.67. The maximum Gasteiger partial charge on any atom is 0.227 e. The van der Waals surface area contributed by atoms with Gasteiger partial charge in [-0.25, -0.2) is 0 Å². The van der Waals surface area contributed by atoms with Crippen LogP contribution in [0.15, 0.2) is 23.1 Å². The van der Waals surface area contributed by atoms with Crippen molar-refractivity contribution in [1.29, 1.82) is 0 Å². The second-order valence-electron chi connectivity index (χ2n) is 4.71. The molecule has 5 heteroatoms. The molecule has 1 unspecified atom stereocenters. The molecule has 0 saturated carbocycles. The van der Waals surface area contributed by atoms with Gasteiger partial charge in [-0.2, -0.15) is 0 Å². The highest BCUT2D eigenvalue weighted by Crippen LogP contribution is 2.36. The van der Waals surface area contributed by atoms with Gasteiger partial charge in [0.2, 0.25) is 5.91 Å². The van der Waals surface area contributed by atoms with Gasteiger partial charge in [-0.15, -0.1) is 11.8 Å².